The van der Waals surface area contributed by atoms with Crippen molar-refractivity contribution < 1.29 is 14.3 Å². The molecule has 0 saturated carbocycles. The van der Waals surface area contributed by atoms with Crippen LogP contribution in [0.5, 0.6) is 11.5 Å². The maximum atomic E-state index is 12.5. The molecular formula is C17H25NO3. The van der Waals surface area contributed by atoms with Crippen LogP contribution >= 0.6 is 0 Å². The van der Waals surface area contributed by atoms with Crippen LogP contribution in [0.3, 0.4) is 0 Å². The molecule has 2 rings (SSSR count). The van der Waals surface area contributed by atoms with Gasteiger partial charge in [-0.2, -0.15) is 0 Å². The molecule has 1 aromatic rings. The Morgan fingerprint density at radius 1 is 1.24 bits per heavy atom. The minimum Gasteiger partial charge on any atom is -0.497 e. The molecule has 1 aliphatic heterocycles. The second kappa shape index (κ2) is 7.34. The lowest BCUT2D eigenvalue weighted by Crippen LogP contribution is -2.45. The van der Waals surface area contributed by atoms with Crippen molar-refractivity contribution in [2.75, 3.05) is 20.2 Å². The van der Waals surface area contributed by atoms with E-state index in [-0.39, 0.29) is 5.91 Å². The molecule has 1 aliphatic rings. The van der Waals surface area contributed by atoms with Gasteiger partial charge in [0.25, 0.3) is 5.91 Å². The lowest BCUT2D eigenvalue weighted by Gasteiger charge is -2.32. The van der Waals surface area contributed by atoms with E-state index in [1.165, 1.54) is 0 Å². The number of carbonyl (C=O) groups excluding carboxylic acids is 1. The van der Waals surface area contributed by atoms with Gasteiger partial charge in [-0.3, -0.25) is 4.79 Å². The summed E-state index contributed by atoms with van der Waals surface area (Å²) >= 11 is 0. The van der Waals surface area contributed by atoms with E-state index in [1.807, 2.05) is 36.1 Å². The van der Waals surface area contributed by atoms with Crippen LogP contribution in [-0.4, -0.2) is 37.1 Å². The van der Waals surface area contributed by atoms with Crippen LogP contribution in [-0.2, 0) is 4.79 Å². The van der Waals surface area contributed by atoms with Crippen LogP contribution in [0.25, 0.3) is 0 Å². The number of piperidine rings is 1. The molecule has 1 aromatic carbocycles. The highest BCUT2D eigenvalue weighted by molar-refractivity contribution is 5.81. The molecule has 1 fully saturated rings. The molecule has 1 amide bonds. The molecule has 1 heterocycles. The second-order valence-corrected chi connectivity index (χ2v) is 5.70. The number of hydrogen-bond donors (Lipinski definition) is 0. The molecule has 0 bridgehead atoms. The standard InChI is InChI=1S/C17H25NO3/c1-4-16(17(19)18-11-9-13(2)10-12-18)21-15-7-5-14(20-3)6-8-15/h5-8,13,16H,4,9-12H2,1-3H3/t16-/m1/s1. The van der Waals surface area contributed by atoms with Crippen molar-refractivity contribution in [2.24, 2.45) is 5.92 Å². The van der Waals surface area contributed by atoms with Gasteiger partial charge < -0.3 is 14.4 Å². The number of hydrogen-bond acceptors (Lipinski definition) is 3. The topological polar surface area (TPSA) is 38.8 Å². The highest BCUT2D eigenvalue weighted by atomic mass is 16.5. The van der Waals surface area contributed by atoms with E-state index in [0.29, 0.717) is 12.2 Å². The summed E-state index contributed by atoms with van der Waals surface area (Å²) in [7, 11) is 1.63. The molecule has 0 spiro atoms. The third-order valence-electron chi connectivity index (χ3n) is 4.08. The van der Waals surface area contributed by atoms with Crippen molar-refractivity contribution in [2.45, 2.75) is 39.2 Å². The largest absolute Gasteiger partial charge is 0.497 e. The molecule has 21 heavy (non-hydrogen) atoms. The summed E-state index contributed by atoms with van der Waals surface area (Å²) in [5.74, 6) is 2.32. The monoisotopic (exact) mass is 291 g/mol. The highest BCUT2D eigenvalue weighted by Crippen LogP contribution is 2.21. The maximum absolute atomic E-state index is 12.5. The fourth-order valence-electron chi connectivity index (χ4n) is 2.56. The molecule has 1 saturated heterocycles. The predicted molar refractivity (Wildman–Crippen MR) is 82.7 cm³/mol. The Balaban J connectivity index is 1.96. The van der Waals surface area contributed by atoms with Gasteiger partial charge in [0.15, 0.2) is 6.10 Å². The van der Waals surface area contributed by atoms with Crippen molar-refractivity contribution in [3.8, 4) is 11.5 Å². The van der Waals surface area contributed by atoms with Gasteiger partial charge in [-0.1, -0.05) is 13.8 Å². The lowest BCUT2D eigenvalue weighted by atomic mass is 9.99. The van der Waals surface area contributed by atoms with E-state index < -0.39 is 6.10 Å². The SMILES string of the molecule is CC[C@@H](Oc1ccc(OC)cc1)C(=O)N1CCC(C)CC1. The van der Waals surface area contributed by atoms with Crippen molar-refractivity contribution in [3.05, 3.63) is 24.3 Å². The Morgan fingerprint density at radius 3 is 2.33 bits per heavy atom. The summed E-state index contributed by atoms with van der Waals surface area (Å²) in [6, 6.07) is 7.37. The first-order chi connectivity index (χ1) is 10.1. The molecule has 0 unspecified atom stereocenters. The van der Waals surface area contributed by atoms with Crippen LogP contribution < -0.4 is 9.47 Å². The van der Waals surface area contributed by atoms with Crippen molar-refractivity contribution in [1.82, 2.24) is 4.90 Å². The van der Waals surface area contributed by atoms with Crippen molar-refractivity contribution in [3.63, 3.8) is 0 Å². The van der Waals surface area contributed by atoms with Crippen molar-refractivity contribution in [1.29, 1.82) is 0 Å². The molecule has 116 valence electrons. The number of carbonyl (C=O) groups is 1. The summed E-state index contributed by atoms with van der Waals surface area (Å²) in [5.41, 5.74) is 0. The average molecular weight is 291 g/mol. The first-order valence-corrected chi connectivity index (χ1v) is 7.73. The van der Waals surface area contributed by atoms with Crippen LogP contribution in [0, 0.1) is 5.92 Å². The molecule has 0 aromatic heterocycles. The maximum Gasteiger partial charge on any atom is 0.263 e. The van der Waals surface area contributed by atoms with Crippen LogP contribution in [0.1, 0.15) is 33.1 Å². The Labute approximate surface area is 127 Å². The van der Waals surface area contributed by atoms with Crippen LogP contribution in [0.2, 0.25) is 0 Å². The number of amides is 1. The number of ether oxygens (including phenoxy) is 2. The smallest absolute Gasteiger partial charge is 0.263 e. The van der Waals surface area contributed by atoms with E-state index >= 15 is 0 Å². The molecule has 0 N–H and O–H groups in total. The highest BCUT2D eigenvalue weighted by Gasteiger charge is 2.27. The van der Waals surface area contributed by atoms with Gasteiger partial charge >= 0.3 is 0 Å². The summed E-state index contributed by atoms with van der Waals surface area (Å²) < 4.78 is 11.0. The minimum absolute atomic E-state index is 0.111. The zero-order valence-corrected chi connectivity index (χ0v) is 13.2. The zero-order chi connectivity index (χ0) is 15.2. The van der Waals surface area contributed by atoms with E-state index in [0.717, 1.165) is 37.6 Å². The Hall–Kier alpha value is -1.71. The molecule has 4 nitrogen and oxygen atoms in total. The Morgan fingerprint density at radius 2 is 1.81 bits per heavy atom. The van der Waals surface area contributed by atoms with E-state index in [9.17, 15) is 4.79 Å². The molecule has 4 heteroatoms. The number of rotatable bonds is 5. The van der Waals surface area contributed by atoms with Gasteiger partial charge in [0.2, 0.25) is 0 Å². The molecule has 0 radical (unpaired) electrons. The number of nitrogens with zero attached hydrogens (tertiary/aromatic N) is 1. The van der Waals surface area contributed by atoms with Gasteiger partial charge in [-0.05, 0) is 49.4 Å². The molecular weight excluding hydrogens is 266 g/mol. The molecule has 1 atom stereocenters. The first kappa shape index (κ1) is 15.7. The summed E-state index contributed by atoms with van der Waals surface area (Å²) in [5, 5.41) is 0. The fraction of sp³-hybridized carbons (Fsp3) is 0.588. The molecule has 0 aliphatic carbocycles. The lowest BCUT2D eigenvalue weighted by molar-refractivity contribution is -0.140. The predicted octanol–water partition coefficient (Wildman–Crippen LogP) is 3.11. The third-order valence-corrected chi connectivity index (χ3v) is 4.08. The van der Waals surface area contributed by atoms with E-state index in [1.54, 1.807) is 7.11 Å². The quantitative estimate of drug-likeness (QED) is 0.836. The average Bonchev–Trinajstić information content (AvgIpc) is 2.53. The number of methoxy groups -OCH3 is 1. The van der Waals surface area contributed by atoms with Gasteiger partial charge in [-0.25, -0.2) is 0 Å². The van der Waals surface area contributed by atoms with Gasteiger partial charge in [0.1, 0.15) is 11.5 Å². The van der Waals surface area contributed by atoms with E-state index in [4.69, 9.17) is 9.47 Å². The van der Waals surface area contributed by atoms with Gasteiger partial charge in [0, 0.05) is 13.1 Å². The van der Waals surface area contributed by atoms with Crippen LogP contribution in [0.15, 0.2) is 24.3 Å². The van der Waals surface area contributed by atoms with Crippen molar-refractivity contribution >= 4 is 5.91 Å². The summed E-state index contributed by atoms with van der Waals surface area (Å²) in [4.78, 5) is 14.5. The van der Waals surface area contributed by atoms with Crippen LogP contribution in [0.4, 0.5) is 0 Å². The second-order valence-electron chi connectivity index (χ2n) is 5.70. The fourth-order valence-corrected chi connectivity index (χ4v) is 2.56. The Bertz CT molecular complexity index is 450. The first-order valence-electron chi connectivity index (χ1n) is 7.73. The third kappa shape index (κ3) is 4.13. The number of benzene rings is 1. The summed E-state index contributed by atoms with van der Waals surface area (Å²) in [6.45, 7) is 5.93. The number of likely N-dealkylation sites (tertiary alicyclic amines) is 1. The Kier molecular flexibility index (Phi) is 5.48. The minimum atomic E-state index is -0.396. The zero-order valence-electron chi connectivity index (χ0n) is 13.2. The van der Waals surface area contributed by atoms with E-state index in [2.05, 4.69) is 6.92 Å². The summed E-state index contributed by atoms with van der Waals surface area (Å²) in [6.07, 6.45) is 2.46. The normalized spacial score (nSPS) is 17.4. The van der Waals surface area contributed by atoms with Gasteiger partial charge in [0.05, 0.1) is 7.11 Å². The van der Waals surface area contributed by atoms with Gasteiger partial charge in [-0.15, -0.1) is 0 Å².